The fourth-order valence-electron chi connectivity index (χ4n) is 2.09. The van der Waals surface area contributed by atoms with Crippen molar-refractivity contribution < 1.29 is 19.8 Å². The van der Waals surface area contributed by atoms with Gasteiger partial charge in [-0.3, -0.25) is 5.43 Å². The van der Waals surface area contributed by atoms with Gasteiger partial charge in [-0.05, 0) is 36.0 Å². The number of phenols is 2. The Morgan fingerprint density at radius 3 is 2.82 bits per heavy atom. The molecule has 22 heavy (non-hydrogen) atoms. The first-order chi connectivity index (χ1) is 10.6. The smallest absolute Gasteiger partial charge is 0.187 e. The molecular formula is C14H21N4O3S+. The molecule has 120 valence electrons. The second-order valence-corrected chi connectivity index (χ2v) is 5.39. The molecule has 1 saturated heterocycles. The fourth-order valence-corrected chi connectivity index (χ4v) is 2.24. The van der Waals surface area contributed by atoms with Crippen molar-refractivity contribution in [3.63, 3.8) is 0 Å². The predicted octanol–water partition coefficient (Wildman–Crippen LogP) is -1.19. The Hall–Kier alpha value is -1.90. The van der Waals surface area contributed by atoms with Crippen LogP contribution in [0, 0.1) is 0 Å². The first-order valence-electron chi connectivity index (χ1n) is 7.15. The number of nitrogens with one attached hydrogen (secondary N) is 3. The number of quaternary nitrogens is 1. The Kier molecular flexibility index (Phi) is 6.38. The number of ether oxygens (including phenoxy) is 1. The first kappa shape index (κ1) is 16.5. The third-order valence-electron chi connectivity index (χ3n) is 3.34. The van der Waals surface area contributed by atoms with Crippen LogP contribution in [0.25, 0.3) is 0 Å². The minimum atomic E-state index is -0.182. The molecule has 1 aromatic rings. The van der Waals surface area contributed by atoms with E-state index in [-0.39, 0.29) is 11.5 Å². The van der Waals surface area contributed by atoms with E-state index in [1.54, 1.807) is 6.07 Å². The number of hydrogen-bond donors (Lipinski definition) is 5. The summed E-state index contributed by atoms with van der Waals surface area (Å²) in [7, 11) is 0. The van der Waals surface area contributed by atoms with E-state index in [0.29, 0.717) is 10.7 Å². The van der Waals surface area contributed by atoms with Gasteiger partial charge in [-0.25, -0.2) is 0 Å². The van der Waals surface area contributed by atoms with Gasteiger partial charge in [0.2, 0.25) is 0 Å². The van der Waals surface area contributed by atoms with E-state index in [9.17, 15) is 10.2 Å². The van der Waals surface area contributed by atoms with Crippen LogP contribution in [0.3, 0.4) is 0 Å². The summed E-state index contributed by atoms with van der Waals surface area (Å²) in [4.78, 5) is 1.50. The van der Waals surface area contributed by atoms with Crippen molar-refractivity contribution in [2.24, 2.45) is 5.10 Å². The minimum absolute atomic E-state index is 0.159. The highest BCUT2D eigenvalue weighted by Crippen LogP contribution is 2.23. The van der Waals surface area contributed by atoms with Crippen molar-refractivity contribution in [2.45, 2.75) is 0 Å². The lowest BCUT2D eigenvalue weighted by molar-refractivity contribution is -0.906. The van der Waals surface area contributed by atoms with E-state index in [0.717, 1.165) is 39.4 Å². The van der Waals surface area contributed by atoms with Crippen LogP contribution in [0.5, 0.6) is 11.5 Å². The third-order valence-corrected chi connectivity index (χ3v) is 3.58. The maximum atomic E-state index is 9.37. The molecule has 1 aromatic carbocycles. The number of benzene rings is 1. The summed E-state index contributed by atoms with van der Waals surface area (Å²) in [6.07, 6.45) is 1.51. The summed E-state index contributed by atoms with van der Waals surface area (Å²) in [5.74, 6) is -0.342. The van der Waals surface area contributed by atoms with E-state index < -0.39 is 0 Å². The molecule has 1 heterocycles. The molecule has 0 aliphatic carbocycles. The Bertz CT molecular complexity index is 533. The van der Waals surface area contributed by atoms with Crippen molar-refractivity contribution >= 4 is 23.5 Å². The number of nitrogens with zero attached hydrogens (tertiary/aromatic N) is 1. The lowest BCUT2D eigenvalue weighted by Gasteiger charge is -2.23. The van der Waals surface area contributed by atoms with Crippen LogP contribution in [-0.2, 0) is 4.74 Å². The Morgan fingerprint density at radius 2 is 2.09 bits per heavy atom. The van der Waals surface area contributed by atoms with Gasteiger partial charge in [0.1, 0.15) is 13.1 Å². The molecule has 5 N–H and O–H groups in total. The van der Waals surface area contributed by atoms with Crippen LogP contribution in [0.1, 0.15) is 5.56 Å². The van der Waals surface area contributed by atoms with Gasteiger partial charge in [0.15, 0.2) is 16.6 Å². The molecule has 0 saturated carbocycles. The standard InChI is InChI=1S/C14H20N4O3S/c19-12-2-1-11(9-13(12)20)10-16-17-14(22)15-3-4-18-5-7-21-8-6-18/h1-2,9-10,19-20H,3-8H2,(H2,15,17,22)/p+1/b16-10+. The molecular weight excluding hydrogens is 304 g/mol. The van der Waals surface area contributed by atoms with Crippen LogP contribution in [0.2, 0.25) is 0 Å². The predicted molar refractivity (Wildman–Crippen MR) is 87.5 cm³/mol. The molecule has 8 heteroatoms. The highest BCUT2D eigenvalue weighted by molar-refractivity contribution is 7.80. The van der Waals surface area contributed by atoms with Crippen LogP contribution in [0.4, 0.5) is 0 Å². The van der Waals surface area contributed by atoms with E-state index in [1.807, 2.05) is 0 Å². The van der Waals surface area contributed by atoms with E-state index in [4.69, 9.17) is 17.0 Å². The number of rotatable bonds is 5. The highest BCUT2D eigenvalue weighted by atomic mass is 32.1. The van der Waals surface area contributed by atoms with Crippen LogP contribution in [-0.4, -0.2) is 60.9 Å². The average Bonchev–Trinajstić information content (AvgIpc) is 2.52. The van der Waals surface area contributed by atoms with Gasteiger partial charge in [-0.1, -0.05) is 0 Å². The third kappa shape index (κ3) is 5.47. The number of morpholine rings is 1. The number of thiocarbonyl (C=S) groups is 1. The largest absolute Gasteiger partial charge is 0.504 e. The van der Waals surface area contributed by atoms with Gasteiger partial charge < -0.3 is 25.2 Å². The molecule has 0 atom stereocenters. The van der Waals surface area contributed by atoms with Crippen molar-refractivity contribution in [3.8, 4) is 11.5 Å². The lowest BCUT2D eigenvalue weighted by Crippen LogP contribution is -3.14. The van der Waals surface area contributed by atoms with Crippen LogP contribution < -0.4 is 15.6 Å². The molecule has 0 spiro atoms. The maximum absolute atomic E-state index is 9.37. The fraction of sp³-hybridized carbons (Fsp3) is 0.429. The molecule has 0 amide bonds. The Morgan fingerprint density at radius 1 is 1.32 bits per heavy atom. The number of phenolic OH excluding ortho intramolecular Hbond substituents is 2. The molecule has 0 bridgehead atoms. The van der Waals surface area contributed by atoms with Crippen molar-refractivity contribution in [1.82, 2.24) is 10.7 Å². The van der Waals surface area contributed by atoms with Crippen molar-refractivity contribution in [2.75, 3.05) is 39.4 Å². The summed E-state index contributed by atoms with van der Waals surface area (Å²) in [6, 6.07) is 4.45. The number of hydrazone groups is 1. The van der Waals surface area contributed by atoms with Crippen molar-refractivity contribution in [1.29, 1.82) is 0 Å². The molecule has 0 radical (unpaired) electrons. The zero-order chi connectivity index (χ0) is 15.8. The summed E-state index contributed by atoms with van der Waals surface area (Å²) < 4.78 is 5.31. The quantitative estimate of drug-likeness (QED) is 0.202. The maximum Gasteiger partial charge on any atom is 0.187 e. The Labute approximate surface area is 134 Å². The van der Waals surface area contributed by atoms with Crippen LogP contribution in [0.15, 0.2) is 23.3 Å². The SMILES string of the molecule is Oc1ccc(/C=N/NC(=S)NCC[NH+]2CCOCC2)cc1O. The summed E-state index contributed by atoms with van der Waals surface area (Å²) in [6.45, 7) is 5.47. The van der Waals surface area contributed by atoms with Crippen molar-refractivity contribution in [3.05, 3.63) is 23.8 Å². The highest BCUT2D eigenvalue weighted by Gasteiger charge is 2.12. The monoisotopic (exact) mass is 325 g/mol. The summed E-state index contributed by atoms with van der Waals surface area (Å²) in [5, 5.41) is 26.1. The second kappa shape index (κ2) is 8.52. The summed E-state index contributed by atoms with van der Waals surface area (Å²) in [5.41, 5.74) is 3.37. The lowest BCUT2D eigenvalue weighted by atomic mass is 10.2. The average molecular weight is 325 g/mol. The van der Waals surface area contributed by atoms with Gasteiger partial charge in [0, 0.05) is 0 Å². The molecule has 2 rings (SSSR count). The zero-order valence-corrected chi connectivity index (χ0v) is 13.0. The van der Waals surface area contributed by atoms with Gasteiger partial charge in [-0.15, -0.1) is 0 Å². The van der Waals surface area contributed by atoms with E-state index >= 15 is 0 Å². The van der Waals surface area contributed by atoms with Gasteiger partial charge in [0.05, 0.1) is 32.5 Å². The van der Waals surface area contributed by atoms with Crippen LogP contribution >= 0.6 is 12.2 Å². The zero-order valence-electron chi connectivity index (χ0n) is 12.2. The topological polar surface area (TPSA) is 90.6 Å². The molecule has 0 unspecified atom stereocenters. The molecule has 7 nitrogen and oxygen atoms in total. The molecule has 1 fully saturated rings. The minimum Gasteiger partial charge on any atom is -0.504 e. The van der Waals surface area contributed by atoms with E-state index in [1.165, 1.54) is 23.2 Å². The first-order valence-corrected chi connectivity index (χ1v) is 7.56. The normalized spacial score (nSPS) is 15.8. The number of hydrogen-bond acceptors (Lipinski definition) is 5. The van der Waals surface area contributed by atoms with Gasteiger partial charge in [-0.2, -0.15) is 5.10 Å². The second-order valence-electron chi connectivity index (χ2n) is 4.99. The van der Waals surface area contributed by atoms with Gasteiger partial charge >= 0.3 is 0 Å². The number of aromatic hydroxyl groups is 2. The van der Waals surface area contributed by atoms with Gasteiger partial charge in [0.25, 0.3) is 0 Å². The summed E-state index contributed by atoms with van der Waals surface area (Å²) >= 11 is 5.12. The Balaban J connectivity index is 1.66. The van der Waals surface area contributed by atoms with E-state index in [2.05, 4.69) is 15.8 Å². The molecule has 0 aromatic heterocycles. The molecule has 1 aliphatic rings. The molecule has 1 aliphatic heterocycles.